The average molecular weight is 290 g/mol. The summed E-state index contributed by atoms with van der Waals surface area (Å²) in [5, 5.41) is 22.1. The van der Waals surface area contributed by atoms with Gasteiger partial charge >= 0.3 is 0 Å². The fraction of sp³-hybridized carbons (Fsp3) is 0.562. The molecule has 1 saturated heterocycles. The van der Waals surface area contributed by atoms with Crippen molar-refractivity contribution in [3.05, 3.63) is 29.8 Å². The van der Waals surface area contributed by atoms with Crippen molar-refractivity contribution in [2.24, 2.45) is 0 Å². The highest BCUT2D eigenvalue weighted by atomic mass is 16.5. The van der Waals surface area contributed by atoms with Gasteiger partial charge in [-0.2, -0.15) is 5.26 Å². The molecule has 1 fully saturated rings. The van der Waals surface area contributed by atoms with Gasteiger partial charge in [-0.1, -0.05) is 6.07 Å². The van der Waals surface area contributed by atoms with E-state index in [1.165, 1.54) is 0 Å². The Labute approximate surface area is 125 Å². The van der Waals surface area contributed by atoms with Crippen molar-refractivity contribution in [1.82, 2.24) is 5.32 Å². The molecule has 0 radical (unpaired) electrons. The molecule has 5 nitrogen and oxygen atoms in total. The van der Waals surface area contributed by atoms with Crippen LogP contribution in [0.5, 0.6) is 5.75 Å². The quantitative estimate of drug-likeness (QED) is 0.829. The smallest absolute Gasteiger partial charge is 0.120 e. The zero-order chi connectivity index (χ0) is 15.1. The Morgan fingerprint density at radius 1 is 1.57 bits per heavy atom. The fourth-order valence-corrected chi connectivity index (χ4v) is 2.39. The maximum absolute atomic E-state index is 9.95. The van der Waals surface area contributed by atoms with Gasteiger partial charge in [0.1, 0.15) is 18.5 Å². The van der Waals surface area contributed by atoms with Crippen LogP contribution in [-0.4, -0.2) is 43.1 Å². The van der Waals surface area contributed by atoms with Crippen LogP contribution in [0.25, 0.3) is 0 Å². The van der Waals surface area contributed by atoms with Gasteiger partial charge in [-0.25, -0.2) is 0 Å². The molecule has 3 unspecified atom stereocenters. The van der Waals surface area contributed by atoms with Gasteiger partial charge in [0.15, 0.2) is 0 Å². The van der Waals surface area contributed by atoms with Gasteiger partial charge in [-0.15, -0.1) is 0 Å². The second-order valence-electron chi connectivity index (χ2n) is 5.42. The molecule has 0 amide bonds. The maximum atomic E-state index is 9.95. The van der Waals surface area contributed by atoms with Crippen molar-refractivity contribution in [2.45, 2.75) is 38.0 Å². The van der Waals surface area contributed by atoms with Gasteiger partial charge in [-0.3, -0.25) is 0 Å². The van der Waals surface area contributed by atoms with E-state index < -0.39 is 6.10 Å². The number of nitrogens with one attached hydrogen (secondary N) is 1. The van der Waals surface area contributed by atoms with Gasteiger partial charge in [0, 0.05) is 19.2 Å². The molecule has 1 aliphatic rings. The number of nitriles is 1. The number of ether oxygens (including phenoxy) is 2. The Morgan fingerprint density at radius 2 is 2.43 bits per heavy atom. The van der Waals surface area contributed by atoms with E-state index in [-0.39, 0.29) is 12.7 Å². The molecule has 1 aromatic rings. The van der Waals surface area contributed by atoms with Crippen LogP contribution >= 0.6 is 0 Å². The third kappa shape index (κ3) is 5.35. The first-order chi connectivity index (χ1) is 10.2. The molecule has 2 rings (SSSR count). The number of rotatable bonds is 6. The van der Waals surface area contributed by atoms with E-state index in [2.05, 4.69) is 18.3 Å². The Bertz CT molecular complexity index is 487. The van der Waals surface area contributed by atoms with E-state index in [0.29, 0.717) is 23.9 Å². The Balaban J connectivity index is 1.69. The van der Waals surface area contributed by atoms with E-state index in [0.717, 1.165) is 19.4 Å². The highest BCUT2D eigenvalue weighted by molar-refractivity contribution is 5.36. The first kappa shape index (κ1) is 15.8. The summed E-state index contributed by atoms with van der Waals surface area (Å²) in [6, 6.07) is 9.39. The first-order valence-corrected chi connectivity index (χ1v) is 7.33. The van der Waals surface area contributed by atoms with Crippen molar-refractivity contribution >= 4 is 0 Å². The van der Waals surface area contributed by atoms with Gasteiger partial charge in [0.25, 0.3) is 0 Å². The van der Waals surface area contributed by atoms with Crippen LogP contribution in [0.1, 0.15) is 25.3 Å². The van der Waals surface area contributed by atoms with Crippen molar-refractivity contribution < 1.29 is 14.6 Å². The summed E-state index contributed by atoms with van der Waals surface area (Å²) in [4.78, 5) is 0. The van der Waals surface area contributed by atoms with Gasteiger partial charge in [-0.05, 0) is 38.0 Å². The fourth-order valence-electron chi connectivity index (χ4n) is 2.39. The van der Waals surface area contributed by atoms with Crippen molar-refractivity contribution in [1.29, 1.82) is 5.26 Å². The minimum Gasteiger partial charge on any atom is -0.491 e. The lowest BCUT2D eigenvalue weighted by atomic mass is 10.0. The van der Waals surface area contributed by atoms with Crippen LogP contribution in [-0.2, 0) is 4.74 Å². The number of aliphatic hydroxyl groups is 1. The van der Waals surface area contributed by atoms with E-state index in [4.69, 9.17) is 14.7 Å². The summed E-state index contributed by atoms with van der Waals surface area (Å²) < 4.78 is 11.0. The number of hydrogen-bond acceptors (Lipinski definition) is 5. The van der Waals surface area contributed by atoms with Crippen molar-refractivity contribution in [3.8, 4) is 11.8 Å². The molecular weight excluding hydrogens is 268 g/mol. The number of benzene rings is 1. The zero-order valence-electron chi connectivity index (χ0n) is 12.3. The molecule has 5 heteroatoms. The minimum atomic E-state index is -0.575. The molecule has 0 aromatic heterocycles. The molecule has 3 atom stereocenters. The third-order valence-corrected chi connectivity index (χ3v) is 3.53. The molecule has 0 bridgehead atoms. The Hall–Kier alpha value is -1.61. The normalized spacial score (nSPS) is 23.3. The van der Waals surface area contributed by atoms with E-state index >= 15 is 0 Å². The SMILES string of the molecule is CC1CC(NCC(O)COc2cccc(C#N)c2)CCO1. The first-order valence-electron chi connectivity index (χ1n) is 7.33. The lowest BCUT2D eigenvalue weighted by Crippen LogP contribution is -2.42. The molecule has 0 aliphatic carbocycles. The van der Waals surface area contributed by atoms with Crippen LogP contribution in [0.15, 0.2) is 24.3 Å². The molecule has 1 aliphatic heterocycles. The largest absolute Gasteiger partial charge is 0.491 e. The zero-order valence-corrected chi connectivity index (χ0v) is 12.3. The second kappa shape index (κ2) is 7.99. The Kier molecular flexibility index (Phi) is 6.00. The predicted octanol–water partition coefficient (Wildman–Crippen LogP) is 1.46. The highest BCUT2D eigenvalue weighted by Gasteiger charge is 2.19. The number of nitrogens with zero attached hydrogens (tertiary/aromatic N) is 1. The maximum Gasteiger partial charge on any atom is 0.120 e. The molecular formula is C16H22N2O3. The summed E-state index contributed by atoms with van der Waals surface area (Å²) >= 11 is 0. The second-order valence-corrected chi connectivity index (χ2v) is 5.42. The molecule has 0 saturated carbocycles. The van der Waals surface area contributed by atoms with Crippen LogP contribution < -0.4 is 10.1 Å². The average Bonchev–Trinajstić information content (AvgIpc) is 2.51. The van der Waals surface area contributed by atoms with E-state index in [1.807, 2.05) is 0 Å². The summed E-state index contributed by atoms with van der Waals surface area (Å²) in [5.74, 6) is 0.604. The van der Waals surface area contributed by atoms with Gasteiger partial charge in [0.2, 0.25) is 0 Å². The van der Waals surface area contributed by atoms with E-state index in [9.17, 15) is 5.11 Å². The summed E-state index contributed by atoms with van der Waals surface area (Å²) in [7, 11) is 0. The summed E-state index contributed by atoms with van der Waals surface area (Å²) in [6.07, 6.45) is 1.65. The lowest BCUT2D eigenvalue weighted by molar-refractivity contribution is 0.00966. The molecule has 1 aromatic carbocycles. The van der Waals surface area contributed by atoms with Crippen LogP contribution in [0.2, 0.25) is 0 Å². The summed E-state index contributed by atoms with van der Waals surface area (Å²) in [6.45, 7) is 3.54. The monoisotopic (exact) mass is 290 g/mol. The van der Waals surface area contributed by atoms with Crippen molar-refractivity contribution in [3.63, 3.8) is 0 Å². The summed E-state index contributed by atoms with van der Waals surface area (Å²) in [5.41, 5.74) is 0.552. The topological polar surface area (TPSA) is 74.5 Å². The van der Waals surface area contributed by atoms with Crippen molar-refractivity contribution in [2.75, 3.05) is 19.8 Å². The highest BCUT2D eigenvalue weighted by Crippen LogP contribution is 2.14. The Morgan fingerprint density at radius 3 is 3.19 bits per heavy atom. The molecule has 1 heterocycles. The molecule has 0 spiro atoms. The predicted molar refractivity (Wildman–Crippen MR) is 79.1 cm³/mol. The lowest BCUT2D eigenvalue weighted by Gasteiger charge is -2.28. The number of aliphatic hydroxyl groups excluding tert-OH is 1. The molecule has 2 N–H and O–H groups in total. The van der Waals surface area contributed by atoms with Crippen LogP contribution in [0.3, 0.4) is 0 Å². The standard InChI is InChI=1S/C16H22N2O3/c1-12-7-14(5-6-20-12)18-10-15(19)11-21-16-4-2-3-13(8-16)9-17/h2-4,8,12,14-15,18-19H,5-7,10-11H2,1H3. The number of hydrogen-bond donors (Lipinski definition) is 2. The van der Waals surface area contributed by atoms with Crippen LogP contribution in [0, 0.1) is 11.3 Å². The van der Waals surface area contributed by atoms with E-state index in [1.54, 1.807) is 24.3 Å². The van der Waals surface area contributed by atoms with Gasteiger partial charge < -0.3 is 19.9 Å². The van der Waals surface area contributed by atoms with Crippen LogP contribution in [0.4, 0.5) is 0 Å². The third-order valence-electron chi connectivity index (χ3n) is 3.53. The molecule has 21 heavy (non-hydrogen) atoms. The van der Waals surface area contributed by atoms with Gasteiger partial charge in [0.05, 0.1) is 17.7 Å². The minimum absolute atomic E-state index is 0.209. The molecule has 114 valence electrons.